The highest BCUT2D eigenvalue weighted by atomic mass is 32.2. The number of carbonyl (C=O) groups is 2. The van der Waals surface area contributed by atoms with Gasteiger partial charge in [0, 0.05) is 12.2 Å². The Morgan fingerprint density at radius 1 is 1.19 bits per heavy atom. The van der Waals surface area contributed by atoms with E-state index in [0.717, 1.165) is 17.4 Å². The molecule has 27 heavy (non-hydrogen) atoms. The highest BCUT2D eigenvalue weighted by molar-refractivity contribution is 7.92. The van der Waals surface area contributed by atoms with Crippen LogP contribution in [0, 0.1) is 6.92 Å². The van der Waals surface area contributed by atoms with Crippen LogP contribution in [0.15, 0.2) is 42.5 Å². The standard InChI is InChI=1S/C19H20N2O5S/c1-13-5-3-4-6-16(13)20-18(22)12-26-19(23)15-7-8-17-14(11-15)9-10-21(17)27(2,24)25/h3-8,11H,9-10,12H2,1-2H3,(H,20,22). The van der Waals surface area contributed by atoms with Crippen molar-refractivity contribution in [3.63, 3.8) is 0 Å². The maximum atomic E-state index is 12.2. The minimum Gasteiger partial charge on any atom is -0.452 e. The molecule has 142 valence electrons. The normalized spacial score (nSPS) is 13.2. The predicted octanol–water partition coefficient (Wildman–Crippen LogP) is 2.11. The molecule has 0 unspecified atom stereocenters. The van der Waals surface area contributed by atoms with Gasteiger partial charge in [-0.15, -0.1) is 0 Å². The second-order valence-corrected chi connectivity index (χ2v) is 8.27. The number of carbonyl (C=O) groups excluding carboxylic acids is 2. The third kappa shape index (κ3) is 4.28. The average molecular weight is 388 g/mol. The smallest absolute Gasteiger partial charge is 0.338 e. The number of aryl methyl sites for hydroxylation is 1. The van der Waals surface area contributed by atoms with Crippen LogP contribution in [-0.2, 0) is 26.0 Å². The molecule has 1 heterocycles. The van der Waals surface area contributed by atoms with Crippen molar-refractivity contribution in [2.24, 2.45) is 0 Å². The highest BCUT2D eigenvalue weighted by Gasteiger charge is 2.27. The van der Waals surface area contributed by atoms with Gasteiger partial charge < -0.3 is 10.1 Å². The number of hydrogen-bond acceptors (Lipinski definition) is 5. The van der Waals surface area contributed by atoms with Gasteiger partial charge in [-0.1, -0.05) is 18.2 Å². The van der Waals surface area contributed by atoms with Gasteiger partial charge in [0.1, 0.15) is 0 Å². The van der Waals surface area contributed by atoms with Gasteiger partial charge in [0.15, 0.2) is 6.61 Å². The second kappa shape index (κ2) is 7.40. The quantitative estimate of drug-likeness (QED) is 0.792. The molecular weight excluding hydrogens is 368 g/mol. The molecule has 0 fully saturated rings. The van der Waals surface area contributed by atoms with E-state index in [1.54, 1.807) is 24.3 Å². The number of para-hydroxylation sites is 1. The summed E-state index contributed by atoms with van der Waals surface area (Å²) >= 11 is 0. The summed E-state index contributed by atoms with van der Waals surface area (Å²) in [7, 11) is -3.34. The second-order valence-electron chi connectivity index (χ2n) is 6.37. The van der Waals surface area contributed by atoms with Gasteiger partial charge in [0.05, 0.1) is 17.5 Å². The Bertz CT molecular complexity index is 1000. The minimum atomic E-state index is -3.34. The molecule has 2 aromatic rings. The summed E-state index contributed by atoms with van der Waals surface area (Å²) in [6.07, 6.45) is 1.68. The average Bonchev–Trinajstić information content (AvgIpc) is 3.05. The van der Waals surface area contributed by atoms with Crippen LogP contribution < -0.4 is 9.62 Å². The molecule has 0 saturated heterocycles. The van der Waals surface area contributed by atoms with E-state index < -0.39 is 28.5 Å². The van der Waals surface area contributed by atoms with Crippen molar-refractivity contribution >= 4 is 33.3 Å². The molecule has 1 amide bonds. The van der Waals surface area contributed by atoms with Crippen LogP contribution in [0.4, 0.5) is 11.4 Å². The fourth-order valence-corrected chi connectivity index (χ4v) is 3.92. The van der Waals surface area contributed by atoms with Crippen LogP contribution in [-0.4, -0.2) is 39.7 Å². The fourth-order valence-electron chi connectivity index (χ4n) is 2.96. The van der Waals surface area contributed by atoms with Gasteiger partial charge in [-0.3, -0.25) is 9.10 Å². The fraction of sp³-hybridized carbons (Fsp3) is 0.263. The third-order valence-electron chi connectivity index (χ3n) is 4.32. The zero-order chi connectivity index (χ0) is 19.6. The van der Waals surface area contributed by atoms with E-state index in [-0.39, 0.29) is 5.56 Å². The van der Waals surface area contributed by atoms with E-state index >= 15 is 0 Å². The van der Waals surface area contributed by atoms with Crippen LogP contribution in [0.1, 0.15) is 21.5 Å². The number of hydrogen-bond donors (Lipinski definition) is 1. The van der Waals surface area contributed by atoms with E-state index in [0.29, 0.717) is 24.3 Å². The lowest BCUT2D eigenvalue weighted by Crippen LogP contribution is -2.27. The Kier molecular flexibility index (Phi) is 5.18. The Hall–Kier alpha value is -2.87. The van der Waals surface area contributed by atoms with Gasteiger partial charge in [-0.25, -0.2) is 13.2 Å². The molecule has 1 N–H and O–H groups in total. The molecule has 0 aromatic heterocycles. The van der Waals surface area contributed by atoms with Crippen molar-refractivity contribution in [1.82, 2.24) is 0 Å². The summed E-state index contributed by atoms with van der Waals surface area (Å²) in [4.78, 5) is 24.2. The first-order valence-electron chi connectivity index (χ1n) is 8.39. The van der Waals surface area contributed by atoms with Crippen molar-refractivity contribution in [3.8, 4) is 0 Å². The third-order valence-corrected chi connectivity index (χ3v) is 5.50. The van der Waals surface area contributed by atoms with E-state index in [2.05, 4.69) is 5.32 Å². The van der Waals surface area contributed by atoms with Crippen molar-refractivity contribution in [2.45, 2.75) is 13.3 Å². The summed E-state index contributed by atoms with van der Waals surface area (Å²) in [6.45, 7) is 1.82. The lowest BCUT2D eigenvalue weighted by atomic mass is 10.1. The summed E-state index contributed by atoms with van der Waals surface area (Å²) in [6, 6.07) is 12.0. The molecule has 0 bridgehead atoms. The Balaban J connectivity index is 1.62. The number of rotatable bonds is 5. The number of ether oxygens (including phenoxy) is 1. The number of sulfonamides is 1. The van der Waals surface area contributed by atoms with Gasteiger partial charge in [0.2, 0.25) is 10.0 Å². The Morgan fingerprint density at radius 3 is 2.63 bits per heavy atom. The van der Waals surface area contributed by atoms with Crippen LogP contribution in [0.2, 0.25) is 0 Å². The lowest BCUT2D eigenvalue weighted by Gasteiger charge is -2.16. The van der Waals surface area contributed by atoms with Crippen molar-refractivity contribution in [3.05, 3.63) is 59.2 Å². The van der Waals surface area contributed by atoms with Gasteiger partial charge in [-0.05, 0) is 48.7 Å². The minimum absolute atomic E-state index is 0.285. The van der Waals surface area contributed by atoms with E-state index in [9.17, 15) is 18.0 Å². The maximum Gasteiger partial charge on any atom is 0.338 e. The Morgan fingerprint density at radius 2 is 1.93 bits per heavy atom. The van der Waals surface area contributed by atoms with Crippen LogP contribution in [0.5, 0.6) is 0 Å². The molecule has 0 saturated carbocycles. The zero-order valence-electron chi connectivity index (χ0n) is 15.1. The van der Waals surface area contributed by atoms with Crippen molar-refractivity contribution < 1.29 is 22.7 Å². The maximum absolute atomic E-state index is 12.2. The zero-order valence-corrected chi connectivity index (χ0v) is 15.9. The highest BCUT2D eigenvalue weighted by Crippen LogP contribution is 2.30. The molecular formula is C19H20N2O5S. The van der Waals surface area contributed by atoms with Crippen molar-refractivity contribution in [1.29, 1.82) is 0 Å². The molecule has 7 nitrogen and oxygen atoms in total. The first-order chi connectivity index (χ1) is 12.8. The van der Waals surface area contributed by atoms with Crippen LogP contribution in [0.3, 0.4) is 0 Å². The predicted molar refractivity (Wildman–Crippen MR) is 102 cm³/mol. The number of esters is 1. The number of amides is 1. The first-order valence-corrected chi connectivity index (χ1v) is 10.2. The van der Waals surface area contributed by atoms with E-state index in [1.807, 2.05) is 19.1 Å². The van der Waals surface area contributed by atoms with Crippen LogP contribution >= 0.6 is 0 Å². The molecule has 3 rings (SSSR count). The van der Waals surface area contributed by atoms with Crippen molar-refractivity contribution in [2.75, 3.05) is 29.0 Å². The molecule has 0 radical (unpaired) electrons. The number of nitrogens with zero attached hydrogens (tertiary/aromatic N) is 1. The van der Waals surface area contributed by atoms with E-state index in [4.69, 9.17) is 4.74 Å². The molecule has 1 aliphatic rings. The molecule has 0 atom stereocenters. The largest absolute Gasteiger partial charge is 0.452 e. The topological polar surface area (TPSA) is 92.8 Å². The molecule has 8 heteroatoms. The summed E-state index contributed by atoms with van der Waals surface area (Å²) in [5, 5.41) is 2.69. The monoisotopic (exact) mass is 388 g/mol. The molecule has 0 spiro atoms. The Labute approximate surface area is 158 Å². The molecule has 0 aliphatic carbocycles. The van der Waals surface area contributed by atoms with Gasteiger partial charge in [0.25, 0.3) is 5.91 Å². The molecule has 1 aliphatic heterocycles. The lowest BCUT2D eigenvalue weighted by molar-refractivity contribution is -0.119. The summed E-state index contributed by atoms with van der Waals surface area (Å²) < 4.78 is 29.9. The number of nitrogens with one attached hydrogen (secondary N) is 1. The van der Waals surface area contributed by atoms with Gasteiger partial charge in [-0.2, -0.15) is 0 Å². The summed E-state index contributed by atoms with van der Waals surface area (Å²) in [5.74, 6) is -1.06. The van der Waals surface area contributed by atoms with Crippen LogP contribution in [0.25, 0.3) is 0 Å². The SMILES string of the molecule is Cc1ccccc1NC(=O)COC(=O)c1ccc2c(c1)CCN2S(C)(=O)=O. The summed E-state index contributed by atoms with van der Waals surface area (Å²) in [5.41, 5.74) is 3.20. The molecule has 2 aromatic carbocycles. The van der Waals surface area contributed by atoms with E-state index in [1.165, 1.54) is 10.4 Å². The number of fused-ring (bicyclic) bond motifs is 1. The van der Waals surface area contributed by atoms with Gasteiger partial charge >= 0.3 is 5.97 Å². The number of benzene rings is 2. The number of anilines is 2. The first kappa shape index (κ1) is 18.9.